The predicted molar refractivity (Wildman–Crippen MR) is 112 cm³/mol. The first-order chi connectivity index (χ1) is 14.5. The summed E-state index contributed by atoms with van der Waals surface area (Å²) in [7, 11) is 3.17. The lowest BCUT2D eigenvalue weighted by atomic mass is 10.1. The molecule has 8 nitrogen and oxygen atoms in total. The van der Waals surface area contributed by atoms with Gasteiger partial charge >= 0.3 is 5.97 Å². The second-order valence-electron chi connectivity index (χ2n) is 7.25. The van der Waals surface area contributed by atoms with E-state index in [2.05, 4.69) is 17.0 Å². The van der Waals surface area contributed by atoms with E-state index in [1.165, 1.54) is 6.08 Å². The molecule has 2 aromatic rings. The summed E-state index contributed by atoms with van der Waals surface area (Å²) in [5, 5.41) is 16.3. The molecule has 0 saturated heterocycles. The number of ether oxygens (including phenoxy) is 2. The predicted octanol–water partition coefficient (Wildman–Crippen LogP) is 3.44. The Morgan fingerprint density at radius 2 is 1.93 bits per heavy atom. The van der Waals surface area contributed by atoms with Crippen LogP contribution in [0.5, 0.6) is 11.5 Å². The molecule has 30 heavy (non-hydrogen) atoms. The zero-order chi connectivity index (χ0) is 21.7. The Morgan fingerprint density at radius 1 is 1.30 bits per heavy atom. The van der Waals surface area contributed by atoms with Crippen molar-refractivity contribution >= 4 is 11.9 Å². The third-order valence-corrected chi connectivity index (χ3v) is 5.32. The minimum absolute atomic E-state index is 0.172. The number of carbonyl (C=O) groups is 2. The molecule has 1 saturated carbocycles. The fourth-order valence-corrected chi connectivity index (χ4v) is 3.85. The number of hydrogen-bond donors (Lipinski definition) is 2. The number of amides is 1. The highest BCUT2D eigenvalue weighted by Gasteiger charge is 2.27. The molecule has 1 aromatic heterocycles. The lowest BCUT2D eigenvalue weighted by molar-refractivity contribution is -0.137. The number of nitrogens with one attached hydrogen (secondary N) is 1. The van der Waals surface area contributed by atoms with Crippen LogP contribution >= 0.6 is 0 Å². The number of aromatic nitrogens is 2. The molecule has 0 bridgehead atoms. The number of carboxylic acids is 1. The molecule has 3 rings (SSSR count). The van der Waals surface area contributed by atoms with Crippen molar-refractivity contribution in [3.05, 3.63) is 42.6 Å². The van der Waals surface area contributed by atoms with Gasteiger partial charge in [-0.25, -0.2) is 0 Å². The summed E-state index contributed by atoms with van der Waals surface area (Å²) in [5.41, 5.74) is 1.67. The van der Waals surface area contributed by atoms with E-state index >= 15 is 0 Å². The minimum atomic E-state index is -1.02. The van der Waals surface area contributed by atoms with E-state index in [-0.39, 0.29) is 18.2 Å². The van der Waals surface area contributed by atoms with Gasteiger partial charge in [0, 0.05) is 0 Å². The molecule has 160 valence electrons. The normalized spacial score (nSPS) is 14.9. The first-order valence-corrected chi connectivity index (χ1v) is 9.94. The topological polar surface area (TPSA) is 103 Å². The van der Waals surface area contributed by atoms with E-state index in [1.54, 1.807) is 20.3 Å². The number of carbonyl (C=O) groups excluding carboxylic acids is 1. The van der Waals surface area contributed by atoms with Gasteiger partial charge in [0.05, 0.1) is 44.0 Å². The lowest BCUT2D eigenvalue weighted by Gasteiger charge is -2.18. The Balaban J connectivity index is 2.04. The maximum absolute atomic E-state index is 12.8. The van der Waals surface area contributed by atoms with Crippen LogP contribution in [0, 0.1) is 0 Å². The van der Waals surface area contributed by atoms with Gasteiger partial charge < -0.3 is 19.9 Å². The van der Waals surface area contributed by atoms with Crippen LogP contribution in [0.2, 0.25) is 0 Å². The van der Waals surface area contributed by atoms with Crippen LogP contribution in [0.15, 0.2) is 36.9 Å². The molecule has 1 aliphatic rings. The van der Waals surface area contributed by atoms with E-state index in [1.807, 2.05) is 22.9 Å². The Hall–Kier alpha value is -3.29. The molecule has 0 spiro atoms. The summed E-state index contributed by atoms with van der Waals surface area (Å²) in [6.07, 6.45) is 5.32. The monoisotopic (exact) mass is 413 g/mol. The zero-order valence-corrected chi connectivity index (χ0v) is 17.3. The van der Waals surface area contributed by atoms with Gasteiger partial charge in [-0.15, -0.1) is 6.58 Å². The molecule has 0 unspecified atom stereocenters. The van der Waals surface area contributed by atoms with Gasteiger partial charge in [0.25, 0.3) is 5.91 Å². The molecule has 0 radical (unpaired) electrons. The van der Waals surface area contributed by atoms with Crippen molar-refractivity contribution in [1.29, 1.82) is 0 Å². The maximum atomic E-state index is 12.8. The van der Waals surface area contributed by atoms with E-state index in [4.69, 9.17) is 14.6 Å². The highest BCUT2D eigenvalue weighted by Crippen LogP contribution is 2.41. The number of nitrogens with zero attached hydrogens (tertiary/aromatic N) is 2. The Morgan fingerprint density at radius 3 is 2.47 bits per heavy atom. The first-order valence-electron chi connectivity index (χ1n) is 9.94. The summed E-state index contributed by atoms with van der Waals surface area (Å²) in [5.74, 6) is -0.227. The molecule has 8 heteroatoms. The Bertz CT molecular complexity index is 909. The molecule has 1 aromatic carbocycles. The number of hydrogen-bond acceptors (Lipinski definition) is 5. The summed E-state index contributed by atoms with van der Waals surface area (Å²) in [6.45, 7) is 3.60. The van der Waals surface area contributed by atoms with Crippen LogP contribution in [0.3, 0.4) is 0 Å². The van der Waals surface area contributed by atoms with Gasteiger partial charge in [-0.1, -0.05) is 25.0 Å². The number of carboxylic acid groups (broad SMARTS) is 1. The van der Waals surface area contributed by atoms with Crippen molar-refractivity contribution in [2.24, 2.45) is 0 Å². The van der Waals surface area contributed by atoms with Crippen LogP contribution in [0.25, 0.3) is 11.3 Å². The van der Waals surface area contributed by atoms with Gasteiger partial charge in [0.15, 0.2) is 5.69 Å². The highest BCUT2D eigenvalue weighted by molar-refractivity contribution is 5.94. The summed E-state index contributed by atoms with van der Waals surface area (Å²) in [4.78, 5) is 23.8. The standard InChI is InChI=1S/C22H27N3O5/c1-4-14(12-20(26)27)23-22(28)16-13-17(25(24-16)15-8-5-6-9-15)21-18(29-2)10-7-11-19(21)30-3/h4,7,10-11,13-15H,1,5-6,8-9,12H2,2-3H3,(H,23,28)(H,26,27)/t14-/m0/s1. The molecule has 1 amide bonds. The SMILES string of the molecule is C=C[C@@H](CC(=O)O)NC(=O)c1cc(-c2c(OC)cccc2OC)n(C2CCCC2)n1. The van der Waals surface area contributed by atoms with Crippen molar-refractivity contribution in [2.45, 2.75) is 44.2 Å². The molecule has 0 aliphatic heterocycles. The second kappa shape index (κ2) is 9.47. The van der Waals surface area contributed by atoms with E-state index in [0.717, 1.165) is 36.9 Å². The lowest BCUT2D eigenvalue weighted by Crippen LogP contribution is -2.35. The average molecular weight is 413 g/mol. The molecular formula is C22H27N3O5. The minimum Gasteiger partial charge on any atom is -0.496 e. The summed E-state index contributed by atoms with van der Waals surface area (Å²) >= 11 is 0. The quantitative estimate of drug-likeness (QED) is 0.611. The average Bonchev–Trinajstić information content (AvgIpc) is 3.41. The van der Waals surface area contributed by atoms with Crippen LogP contribution in [-0.4, -0.2) is 47.0 Å². The molecule has 1 heterocycles. The third kappa shape index (κ3) is 4.48. The van der Waals surface area contributed by atoms with Crippen LogP contribution in [0.4, 0.5) is 0 Å². The van der Waals surface area contributed by atoms with Crippen molar-refractivity contribution in [2.75, 3.05) is 14.2 Å². The fourth-order valence-electron chi connectivity index (χ4n) is 3.85. The third-order valence-electron chi connectivity index (χ3n) is 5.32. The second-order valence-corrected chi connectivity index (χ2v) is 7.25. The molecule has 2 N–H and O–H groups in total. The number of methoxy groups -OCH3 is 2. The molecular weight excluding hydrogens is 386 g/mol. The molecule has 1 atom stereocenters. The zero-order valence-electron chi connectivity index (χ0n) is 17.3. The van der Waals surface area contributed by atoms with Crippen molar-refractivity contribution in [3.8, 4) is 22.8 Å². The van der Waals surface area contributed by atoms with Crippen LogP contribution in [-0.2, 0) is 4.79 Å². The van der Waals surface area contributed by atoms with Crippen molar-refractivity contribution in [1.82, 2.24) is 15.1 Å². The number of benzene rings is 1. The van der Waals surface area contributed by atoms with E-state index < -0.39 is 17.9 Å². The van der Waals surface area contributed by atoms with Gasteiger partial charge in [-0.2, -0.15) is 5.10 Å². The molecule has 1 fully saturated rings. The maximum Gasteiger partial charge on any atom is 0.305 e. The Kier molecular flexibility index (Phi) is 6.76. The van der Waals surface area contributed by atoms with E-state index in [9.17, 15) is 9.59 Å². The highest BCUT2D eigenvalue weighted by atomic mass is 16.5. The van der Waals surface area contributed by atoms with E-state index in [0.29, 0.717) is 11.5 Å². The number of aliphatic carboxylic acids is 1. The summed E-state index contributed by atoms with van der Waals surface area (Å²) < 4.78 is 13.0. The van der Waals surface area contributed by atoms with Gasteiger partial charge in [0.1, 0.15) is 11.5 Å². The van der Waals surface area contributed by atoms with Gasteiger partial charge in [0.2, 0.25) is 0 Å². The van der Waals surface area contributed by atoms with Crippen LogP contribution < -0.4 is 14.8 Å². The van der Waals surface area contributed by atoms with Crippen molar-refractivity contribution < 1.29 is 24.2 Å². The molecule has 1 aliphatic carbocycles. The van der Waals surface area contributed by atoms with Gasteiger partial charge in [-0.3, -0.25) is 14.3 Å². The fraction of sp³-hybridized carbons (Fsp3) is 0.409. The largest absolute Gasteiger partial charge is 0.496 e. The smallest absolute Gasteiger partial charge is 0.305 e. The summed E-state index contributed by atoms with van der Waals surface area (Å²) in [6, 6.07) is 6.70. The number of rotatable bonds is 9. The van der Waals surface area contributed by atoms with Gasteiger partial charge in [-0.05, 0) is 31.0 Å². The van der Waals surface area contributed by atoms with Crippen LogP contribution in [0.1, 0.15) is 48.6 Å². The first kappa shape index (κ1) is 21.4. The van der Waals surface area contributed by atoms with Crippen molar-refractivity contribution in [3.63, 3.8) is 0 Å². The Labute approximate surface area is 175 Å².